The van der Waals surface area contributed by atoms with Crippen LogP contribution in [-0.4, -0.2) is 15.5 Å². The van der Waals surface area contributed by atoms with Crippen molar-refractivity contribution in [3.63, 3.8) is 0 Å². The van der Waals surface area contributed by atoms with E-state index in [2.05, 4.69) is 29.4 Å². The van der Waals surface area contributed by atoms with Crippen LogP contribution in [0.3, 0.4) is 0 Å². The van der Waals surface area contributed by atoms with Crippen LogP contribution in [0.2, 0.25) is 0 Å². The topological polar surface area (TPSA) is 46.9 Å². The normalized spacial score (nSPS) is 10.9. The minimum absolute atomic E-state index is 0.127. The average Bonchev–Trinajstić information content (AvgIpc) is 3.17. The third kappa shape index (κ3) is 3.81. The van der Waals surface area contributed by atoms with Gasteiger partial charge in [0.15, 0.2) is 0 Å². The molecule has 0 saturated heterocycles. The standard InChI is InChI=1S/C24H23N3O/c1-2-3-7-18-10-13-20(14-11-18)26-24(28)19-12-15-23-22(16-19)25-17-27(23)21-8-5-4-6-9-21/h4-6,8-17H,2-3,7H2,1H3,(H,26,28). The SMILES string of the molecule is CCCCc1ccc(NC(=O)c2ccc3c(c2)ncn3-c2ccccc2)cc1. The van der Waals surface area contributed by atoms with E-state index in [-0.39, 0.29) is 5.91 Å². The fourth-order valence-electron chi connectivity index (χ4n) is 3.29. The molecule has 4 rings (SSSR count). The van der Waals surface area contributed by atoms with Gasteiger partial charge in [0.25, 0.3) is 5.91 Å². The van der Waals surface area contributed by atoms with E-state index in [9.17, 15) is 4.79 Å². The number of carbonyl (C=O) groups is 1. The van der Waals surface area contributed by atoms with Crippen molar-refractivity contribution in [1.29, 1.82) is 0 Å². The van der Waals surface area contributed by atoms with E-state index < -0.39 is 0 Å². The van der Waals surface area contributed by atoms with Gasteiger partial charge in [-0.05, 0) is 60.9 Å². The largest absolute Gasteiger partial charge is 0.322 e. The molecule has 0 radical (unpaired) electrons. The second kappa shape index (κ2) is 8.09. The Balaban J connectivity index is 1.52. The summed E-state index contributed by atoms with van der Waals surface area (Å²) in [5.74, 6) is -0.127. The summed E-state index contributed by atoms with van der Waals surface area (Å²) in [5, 5.41) is 2.97. The highest BCUT2D eigenvalue weighted by Gasteiger charge is 2.10. The molecule has 1 heterocycles. The van der Waals surface area contributed by atoms with Gasteiger partial charge in [-0.25, -0.2) is 4.98 Å². The molecule has 0 bridgehead atoms. The van der Waals surface area contributed by atoms with Gasteiger partial charge in [-0.15, -0.1) is 0 Å². The number of hydrogen-bond donors (Lipinski definition) is 1. The summed E-state index contributed by atoms with van der Waals surface area (Å²) in [5.41, 5.74) is 5.52. The van der Waals surface area contributed by atoms with Crippen molar-refractivity contribution in [2.75, 3.05) is 5.32 Å². The smallest absolute Gasteiger partial charge is 0.255 e. The Kier molecular flexibility index (Phi) is 5.20. The van der Waals surface area contributed by atoms with E-state index in [1.807, 2.05) is 65.2 Å². The monoisotopic (exact) mass is 369 g/mol. The second-order valence-electron chi connectivity index (χ2n) is 6.91. The number of nitrogens with one attached hydrogen (secondary N) is 1. The molecule has 0 spiro atoms. The van der Waals surface area contributed by atoms with Crippen molar-refractivity contribution in [2.45, 2.75) is 26.2 Å². The summed E-state index contributed by atoms with van der Waals surface area (Å²) in [6.07, 6.45) is 5.23. The van der Waals surface area contributed by atoms with Crippen molar-refractivity contribution in [2.24, 2.45) is 0 Å². The Morgan fingerprint density at radius 1 is 1.00 bits per heavy atom. The molecule has 0 fully saturated rings. The Morgan fingerprint density at radius 3 is 2.54 bits per heavy atom. The lowest BCUT2D eigenvalue weighted by molar-refractivity contribution is 0.102. The molecular weight excluding hydrogens is 346 g/mol. The van der Waals surface area contributed by atoms with E-state index in [0.29, 0.717) is 5.56 Å². The number of carbonyl (C=O) groups excluding carboxylic acids is 1. The molecule has 0 saturated carbocycles. The summed E-state index contributed by atoms with van der Waals surface area (Å²) in [7, 11) is 0. The lowest BCUT2D eigenvalue weighted by Crippen LogP contribution is -2.11. The number of rotatable bonds is 6. The number of imidazole rings is 1. The number of hydrogen-bond acceptors (Lipinski definition) is 2. The predicted octanol–water partition coefficient (Wildman–Crippen LogP) is 5.62. The number of para-hydroxylation sites is 1. The third-order valence-corrected chi connectivity index (χ3v) is 4.87. The lowest BCUT2D eigenvalue weighted by Gasteiger charge is -2.07. The molecule has 0 aliphatic rings. The molecule has 0 aliphatic carbocycles. The van der Waals surface area contributed by atoms with E-state index in [1.165, 1.54) is 18.4 Å². The zero-order chi connectivity index (χ0) is 19.3. The summed E-state index contributed by atoms with van der Waals surface area (Å²) in [4.78, 5) is 17.1. The Bertz CT molecular complexity index is 1080. The third-order valence-electron chi connectivity index (χ3n) is 4.87. The highest BCUT2D eigenvalue weighted by atomic mass is 16.1. The zero-order valence-electron chi connectivity index (χ0n) is 15.9. The fourth-order valence-corrected chi connectivity index (χ4v) is 3.29. The molecule has 4 aromatic rings. The van der Waals surface area contributed by atoms with Crippen LogP contribution in [0, 0.1) is 0 Å². The van der Waals surface area contributed by atoms with Gasteiger partial charge in [0, 0.05) is 16.9 Å². The maximum Gasteiger partial charge on any atom is 0.255 e. The van der Waals surface area contributed by atoms with E-state index in [1.54, 1.807) is 6.33 Å². The zero-order valence-corrected chi connectivity index (χ0v) is 15.9. The molecule has 1 amide bonds. The molecule has 4 heteroatoms. The van der Waals surface area contributed by atoms with Gasteiger partial charge in [0.1, 0.15) is 6.33 Å². The molecule has 4 nitrogen and oxygen atoms in total. The predicted molar refractivity (Wildman–Crippen MR) is 114 cm³/mol. The molecule has 28 heavy (non-hydrogen) atoms. The molecule has 1 aromatic heterocycles. The van der Waals surface area contributed by atoms with Crippen LogP contribution in [0.1, 0.15) is 35.7 Å². The van der Waals surface area contributed by atoms with Crippen molar-refractivity contribution >= 4 is 22.6 Å². The van der Waals surface area contributed by atoms with Crippen molar-refractivity contribution < 1.29 is 4.79 Å². The first-order chi connectivity index (χ1) is 13.7. The number of unbranched alkanes of at least 4 members (excludes halogenated alkanes) is 1. The highest BCUT2D eigenvalue weighted by molar-refractivity contribution is 6.06. The number of anilines is 1. The lowest BCUT2D eigenvalue weighted by atomic mass is 10.1. The van der Waals surface area contributed by atoms with Crippen LogP contribution in [0.15, 0.2) is 79.1 Å². The van der Waals surface area contributed by atoms with Gasteiger partial charge in [0.05, 0.1) is 11.0 Å². The molecular formula is C24H23N3O. The van der Waals surface area contributed by atoms with Gasteiger partial charge in [-0.2, -0.15) is 0 Å². The van der Waals surface area contributed by atoms with Crippen molar-refractivity contribution in [3.05, 3.63) is 90.3 Å². The van der Waals surface area contributed by atoms with Crippen LogP contribution < -0.4 is 5.32 Å². The van der Waals surface area contributed by atoms with Crippen molar-refractivity contribution in [3.8, 4) is 5.69 Å². The summed E-state index contributed by atoms with van der Waals surface area (Å²) in [6.45, 7) is 2.19. The summed E-state index contributed by atoms with van der Waals surface area (Å²) in [6, 6.07) is 23.8. The first-order valence-corrected chi connectivity index (χ1v) is 9.67. The quantitative estimate of drug-likeness (QED) is 0.479. The molecule has 3 aromatic carbocycles. The number of aryl methyl sites for hydroxylation is 1. The first-order valence-electron chi connectivity index (χ1n) is 9.67. The van der Waals surface area contributed by atoms with Crippen molar-refractivity contribution in [1.82, 2.24) is 9.55 Å². The van der Waals surface area contributed by atoms with Gasteiger partial charge in [-0.3, -0.25) is 9.36 Å². The Hall–Kier alpha value is -3.40. The van der Waals surface area contributed by atoms with E-state index >= 15 is 0 Å². The molecule has 0 unspecified atom stereocenters. The first kappa shape index (κ1) is 18.0. The molecule has 1 N–H and O–H groups in total. The minimum atomic E-state index is -0.127. The number of benzene rings is 3. The molecule has 0 aliphatic heterocycles. The maximum atomic E-state index is 12.6. The van der Waals surface area contributed by atoms with E-state index in [4.69, 9.17) is 0 Å². The average molecular weight is 369 g/mol. The van der Waals surface area contributed by atoms with Crippen LogP contribution in [0.4, 0.5) is 5.69 Å². The number of fused-ring (bicyclic) bond motifs is 1. The van der Waals surface area contributed by atoms with Crippen LogP contribution in [0.5, 0.6) is 0 Å². The highest BCUT2D eigenvalue weighted by Crippen LogP contribution is 2.20. The summed E-state index contributed by atoms with van der Waals surface area (Å²) < 4.78 is 2.02. The number of amides is 1. The molecule has 0 atom stereocenters. The Morgan fingerprint density at radius 2 is 1.79 bits per heavy atom. The summed E-state index contributed by atoms with van der Waals surface area (Å²) >= 11 is 0. The fraction of sp³-hybridized carbons (Fsp3) is 0.167. The molecule has 140 valence electrons. The maximum absolute atomic E-state index is 12.6. The van der Waals surface area contributed by atoms with Gasteiger partial charge < -0.3 is 5.32 Å². The van der Waals surface area contributed by atoms with Crippen LogP contribution >= 0.6 is 0 Å². The number of nitrogens with zero attached hydrogens (tertiary/aromatic N) is 2. The van der Waals surface area contributed by atoms with E-state index in [0.717, 1.165) is 28.8 Å². The number of aromatic nitrogens is 2. The van der Waals surface area contributed by atoms with Crippen LogP contribution in [0.25, 0.3) is 16.7 Å². The second-order valence-corrected chi connectivity index (χ2v) is 6.91. The van der Waals surface area contributed by atoms with Gasteiger partial charge >= 0.3 is 0 Å². The minimum Gasteiger partial charge on any atom is -0.322 e. The Labute approximate surface area is 164 Å². The van der Waals surface area contributed by atoms with Gasteiger partial charge in [-0.1, -0.05) is 43.7 Å². The van der Waals surface area contributed by atoms with Crippen LogP contribution in [-0.2, 0) is 6.42 Å². The van der Waals surface area contributed by atoms with Gasteiger partial charge in [0.2, 0.25) is 0 Å².